The van der Waals surface area contributed by atoms with Gasteiger partial charge in [-0.1, -0.05) is 18.2 Å². The Morgan fingerprint density at radius 2 is 1.88 bits per heavy atom. The number of anilines is 1. The molecule has 0 saturated carbocycles. The van der Waals surface area contributed by atoms with E-state index < -0.39 is 11.6 Å². The third-order valence-electron chi connectivity index (χ3n) is 3.36. The topological polar surface area (TPSA) is 116 Å². The van der Waals surface area contributed by atoms with Crippen LogP contribution in [0.5, 0.6) is 0 Å². The third kappa shape index (κ3) is 5.27. The number of Topliss-reactive ketones (excluding diaryl/α,β-unsaturated/α-hetero) is 1. The minimum Gasteiger partial charge on any atom is -0.399 e. The number of hydrogen-bond acceptors (Lipinski definition) is 6. The number of benzene rings is 2. The van der Waals surface area contributed by atoms with Crippen molar-refractivity contribution < 1.29 is 9.18 Å². The molecule has 0 aromatic heterocycles. The lowest BCUT2D eigenvalue weighted by Crippen LogP contribution is -2.23. The van der Waals surface area contributed by atoms with E-state index in [4.69, 9.17) is 16.6 Å². The maximum atomic E-state index is 13.6. The van der Waals surface area contributed by atoms with Crippen LogP contribution in [-0.2, 0) is 4.79 Å². The molecule has 2 rings (SSSR count). The van der Waals surface area contributed by atoms with Crippen molar-refractivity contribution in [2.45, 2.75) is 12.8 Å². The minimum absolute atomic E-state index is 0.0659. The Labute approximate surface area is 150 Å². The van der Waals surface area contributed by atoms with Crippen molar-refractivity contribution in [2.24, 2.45) is 9.98 Å². The molecule has 0 radical (unpaired) electrons. The molecule has 26 heavy (non-hydrogen) atoms. The van der Waals surface area contributed by atoms with Crippen molar-refractivity contribution in [1.29, 1.82) is 10.8 Å². The van der Waals surface area contributed by atoms with E-state index in [2.05, 4.69) is 9.98 Å². The number of ketones is 1. The van der Waals surface area contributed by atoms with Crippen molar-refractivity contribution in [3.05, 3.63) is 54.3 Å². The molecule has 0 heterocycles. The molecular weight excluding hydrogens is 333 g/mol. The molecule has 7 heteroatoms. The maximum Gasteiger partial charge on any atom is 0.187 e. The second-order valence-electron chi connectivity index (χ2n) is 5.33. The Morgan fingerprint density at radius 1 is 1.15 bits per heavy atom. The van der Waals surface area contributed by atoms with E-state index in [1.54, 1.807) is 24.3 Å². The number of nitrogens with zero attached hydrogens (tertiary/aromatic N) is 2. The van der Waals surface area contributed by atoms with Crippen LogP contribution in [0.2, 0.25) is 0 Å². The predicted octanol–water partition coefficient (Wildman–Crippen LogP) is 3.90. The zero-order valence-corrected chi connectivity index (χ0v) is 13.9. The first-order chi connectivity index (χ1) is 12.5. The zero-order valence-electron chi connectivity index (χ0n) is 13.9. The first-order valence-corrected chi connectivity index (χ1v) is 7.82. The first kappa shape index (κ1) is 18.9. The number of halogens is 1. The largest absolute Gasteiger partial charge is 0.399 e. The number of nitrogens with two attached hydrogens (primary N) is 1. The number of nitrogens with one attached hydrogen (secondary N) is 2. The van der Waals surface area contributed by atoms with Crippen molar-refractivity contribution in [3.63, 3.8) is 0 Å². The average molecular weight is 351 g/mol. The summed E-state index contributed by atoms with van der Waals surface area (Å²) in [5.74, 6) is -1.10. The third-order valence-corrected chi connectivity index (χ3v) is 3.36. The number of para-hydroxylation sites is 1. The molecule has 0 atom stereocenters. The van der Waals surface area contributed by atoms with Crippen LogP contribution in [0.15, 0.2) is 58.5 Å². The summed E-state index contributed by atoms with van der Waals surface area (Å²) in [5, 5.41) is 15.3. The van der Waals surface area contributed by atoms with E-state index in [-0.39, 0.29) is 35.6 Å². The molecule has 0 aliphatic heterocycles. The van der Waals surface area contributed by atoms with E-state index in [1.807, 2.05) is 6.07 Å². The van der Waals surface area contributed by atoms with Gasteiger partial charge in [0, 0.05) is 31.0 Å². The predicted molar refractivity (Wildman–Crippen MR) is 103 cm³/mol. The van der Waals surface area contributed by atoms with Crippen molar-refractivity contribution >= 4 is 46.7 Å². The normalized spacial score (nSPS) is 11.5. The van der Waals surface area contributed by atoms with Gasteiger partial charge in [-0.15, -0.1) is 0 Å². The van der Waals surface area contributed by atoms with Crippen LogP contribution >= 0.6 is 0 Å². The van der Waals surface area contributed by atoms with Gasteiger partial charge >= 0.3 is 0 Å². The van der Waals surface area contributed by atoms with Gasteiger partial charge in [0.05, 0.1) is 17.1 Å². The molecule has 0 saturated heterocycles. The smallest absolute Gasteiger partial charge is 0.187 e. The first-order valence-electron chi connectivity index (χ1n) is 7.82. The highest BCUT2D eigenvalue weighted by Crippen LogP contribution is 2.19. The van der Waals surface area contributed by atoms with E-state index in [0.29, 0.717) is 5.69 Å². The number of aliphatic imine (C=N–C) groups is 2. The maximum absolute atomic E-state index is 13.6. The Hall–Kier alpha value is -3.48. The fraction of sp³-hybridized carbons (Fsp3) is 0.105. The SMILES string of the molecule is N=CCC(=Nc1ccccc1)C(=N)C(=O)CC=Nc1ccc(N)cc1F. The molecule has 0 spiro atoms. The number of hydrogen-bond donors (Lipinski definition) is 3. The van der Waals surface area contributed by atoms with Crippen LogP contribution in [0.3, 0.4) is 0 Å². The van der Waals surface area contributed by atoms with Gasteiger partial charge in [-0.2, -0.15) is 0 Å². The lowest BCUT2D eigenvalue weighted by molar-refractivity contribution is -0.111. The monoisotopic (exact) mass is 351 g/mol. The van der Waals surface area contributed by atoms with Crippen molar-refractivity contribution in [3.8, 4) is 0 Å². The molecule has 0 amide bonds. The van der Waals surface area contributed by atoms with Crippen LogP contribution in [0, 0.1) is 16.6 Å². The van der Waals surface area contributed by atoms with Crippen LogP contribution in [0.4, 0.5) is 21.5 Å². The standard InChI is InChI=1S/C19H18FN5O/c20-15-12-13(22)6-7-16(15)24-11-9-18(26)19(23)17(8-10-21)25-14-4-2-1-3-5-14/h1-7,10-12,21,23H,8-9,22H2. The van der Waals surface area contributed by atoms with Gasteiger partial charge in [-0.3, -0.25) is 20.2 Å². The van der Waals surface area contributed by atoms with Crippen LogP contribution in [0.1, 0.15) is 12.8 Å². The van der Waals surface area contributed by atoms with Crippen LogP contribution in [-0.4, -0.2) is 29.6 Å². The molecule has 6 nitrogen and oxygen atoms in total. The van der Waals surface area contributed by atoms with Crippen LogP contribution < -0.4 is 5.73 Å². The fourth-order valence-corrected chi connectivity index (χ4v) is 2.08. The molecule has 4 N–H and O–H groups in total. The van der Waals surface area contributed by atoms with E-state index >= 15 is 0 Å². The number of carbonyl (C=O) groups is 1. The van der Waals surface area contributed by atoms with Gasteiger partial charge in [-0.25, -0.2) is 4.39 Å². The second-order valence-corrected chi connectivity index (χ2v) is 5.33. The Morgan fingerprint density at radius 3 is 2.54 bits per heavy atom. The molecule has 0 aliphatic carbocycles. The van der Waals surface area contributed by atoms with Crippen LogP contribution in [0.25, 0.3) is 0 Å². The quantitative estimate of drug-likeness (QED) is 0.494. The lowest BCUT2D eigenvalue weighted by Gasteiger charge is -2.04. The molecule has 0 fully saturated rings. The minimum atomic E-state index is -0.584. The summed E-state index contributed by atoms with van der Waals surface area (Å²) in [6.45, 7) is 0. The number of rotatable bonds is 8. The average Bonchev–Trinajstić information content (AvgIpc) is 2.63. The van der Waals surface area contributed by atoms with Gasteiger partial charge < -0.3 is 11.1 Å². The summed E-state index contributed by atoms with van der Waals surface area (Å²) >= 11 is 0. The highest BCUT2D eigenvalue weighted by molar-refractivity contribution is 6.68. The Balaban J connectivity index is 2.09. The highest BCUT2D eigenvalue weighted by atomic mass is 19.1. The summed E-state index contributed by atoms with van der Waals surface area (Å²) in [6.07, 6.45) is 2.23. The fourth-order valence-electron chi connectivity index (χ4n) is 2.08. The zero-order chi connectivity index (χ0) is 18.9. The van der Waals surface area contributed by atoms with Gasteiger partial charge in [0.25, 0.3) is 0 Å². The summed E-state index contributed by atoms with van der Waals surface area (Å²) in [5.41, 5.74) is 6.32. The Kier molecular flexibility index (Phi) is 6.61. The van der Waals surface area contributed by atoms with Gasteiger partial charge in [0.2, 0.25) is 0 Å². The second kappa shape index (κ2) is 9.12. The molecule has 2 aromatic rings. The Bertz CT molecular complexity index is 875. The summed E-state index contributed by atoms with van der Waals surface area (Å²) in [7, 11) is 0. The molecule has 132 valence electrons. The van der Waals surface area contributed by atoms with Gasteiger partial charge in [-0.05, 0) is 30.3 Å². The van der Waals surface area contributed by atoms with Crippen molar-refractivity contribution in [2.75, 3.05) is 5.73 Å². The molecular formula is C19H18FN5O. The van der Waals surface area contributed by atoms with Gasteiger partial charge in [0.15, 0.2) is 11.6 Å². The highest BCUT2D eigenvalue weighted by Gasteiger charge is 2.15. The molecule has 0 bridgehead atoms. The summed E-state index contributed by atoms with van der Waals surface area (Å²) in [6, 6.07) is 13.0. The number of carbonyl (C=O) groups excluding carboxylic acids is 1. The van der Waals surface area contributed by atoms with Gasteiger partial charge in [0.1, 0.15) is 5.71 Å². The molecule has 0 unspecified atom stereocenters. The molecule has 0 aliphatic rings. The lowest BCUT2D eigenvalue weighted by atomic mass is 10.1. The summed E-state index contributed by atoms with van der Waals surface area (Å²) in [4.78, 5) is 20.4. The van der Waals surface area contributed by atoms with Crippen molar-refractivity contribution in [1.82, 2.24) is 0 Å². The van der Waals surface area contributed by atoms with E-state index in [1.165, 1.54) is 18.3 Å². The van der Waals surface area contributed by atoms with E-state index in [9.17, 15) is 9.18 Å². The molecule has 2 aromatic carbocycles. The summed E-state index contributed by atoms with van der Waals surface area (Å²) < 4.78 is 13.6. The number of nitrogen functional groups attached to an aromatic ring is 1. The van der Waals surface area contributed by atoms with E-state index in [0.717, 1.165) is 12.3 Å².